The number of carbonyl (C=O) groups is 2. The molecule has 1 aromatic rings. The van der Waals surface area contributed by atoms with E-state index in [0.717, 1.165) is 5.69 Å². The number of fused-ring (bicyclic) bond motifs is 1. The number of benzene rings is 1. The molecule has 0 bridgehead atoms. The van der Waals surface area contributed by atoms with Crippen molar-refractivity contribution in [3.63, 3.8) is 0 Å². The maximum atomic E-state index is 12.0. The van der Waals surface area contributed by atoms with Crippen LogP contribution in [-0.2, 0) is 9.59 Å². The molecule has 20 heavy (non-hydrogen) atoms. The van der Waals surface area contributed by atoms with Crippen molar-refractivity contribution in [2.45, 2.75) is 18.6 Å². The van der Waals surface area contributed by atoms with Gasteiger partial charge < -0.3 is 25.6 Å². The topological polar surface area (TPSA) is 108 Å². The summed E-state index contributed by atoms with van der Waals surface area (Å²) in [5, 5.41) is 23.1. The summed E-state index contributed by atoms with van der Waals surface area (Å²) in [5.41, 5.74) is 0.793. The minimum Gasteiger partial charge on any atom is -0.480 e. The first-order valence-corrected chi connectivity index (χ1v) is 6.25. The summed E-state index contributed by atoms with van der Waals surface area (Å²) < 4.78 is 5.52. The van der Waals surface area contributed by atoms with Gasteiger partial charge in [0.1, 0.15) is 11.8 Å². The van der Waals surface area contributed by atoms with E-state index < -0.39 is 24.0 Å². The maximum absolute atomic E-state index is 12.0. The summed E-state index contributed by atoms with van der Waals surface area (Å²) in [4.78, 5) is 22.9. The van der Waals surface area contributed by atoms with Gasteiger partial charge in [-0.25, -0.2) is 4.79 Å². The Morgan fingerprint density at radius 3 is 2.90 bits per heavy atom. The molecule has 2 atom stereocenters. The van der Waals surface area contributed by atoms with Crippen LogP contribution in [0.4, 0.5) is 5.69 Å². The van der Waals surface area contributed by atoms with Crippen LogP contribution in [-0.4, -0.2) is 47.4 Å². The van der Waals surface area contributed by atoms with Gasteiger partial charge in [-0.3, -0.25) is 4.79 Å². The van der Waals surface area contributed by atoms with Gasteiger partial charge in [-0.2, -0.15) is 0 Å². The number of carboxylic acids is 1. The van der Waals surface area contributed by atoms with Crippen molar-refractivity contribution < 1.29 is 24.5 Å². The van der Waals surface area contributed by atoms with E-state index in [-0.39, 0.29) is 19.6 Å². The molecule has 1 aliphatic heterocycles. The van der Waals surface area contributed by atoms with Crippen molar-refractivity contribution in [1.29, 1.82) is 0 Å². The van der Waals surface area contributed by atoms with Gasteiger partial charge in [0.25, 0.3) is 5.91 Å². The molecule has 0 fully saturated rings. The minimum absolute atomic E-state index is 0.0438. The lowest BCUT2D eigenvalue weighted by atomic mass is 10.2. The van der Waals surface area contributed by atoms with Crippen molar-refractivity contribution in [3.8, 4) is 5.75 Å². The number of para-hydroxylation sites is 2. The summed E-state index contributed by atoms with van der Waals surface area (Å²) in [6.45, 7) is -0.0574. The van der Waals surface area contributed by atoms with E-state index in [1.165, 1.54) is 0 Å². The second-order valence-electron chi connectivity index (χ2n) is 4.40. The highest BCUT2D eigenvalue weighted by Crippen LogP contribution is 2.28. The van der Waals surface area contributed by atoms with Gasteiger partial charge in [0.15, 0.2) is 6.10 Å². The Hall–Kier alpha value is -2.28. The number of anilines is 1. The van der Waals surface area contributed by atoms with Crippen LogP contribution in [0.2, 0.25) is 0 Å². The monoisotopic (exact) mass is 280 g/mol. The molecule has 1 heterocycles. The second-order valence-corrected chi connectivity index (χ2v) is 4.40. The third-order valence-corrected chi connectivity index (χ3v) is 2.96. The lowest BCUT2D eigenvalue weighted by Gasteiger charge is -2.27. The Bertz CT molecular complexity index is 505. The van der Waals surface area contributed by atoms with Crippen molar-refractivity contribution in [3.05, 3.63) is 24.3 Å². The zero-order valence-electron chi connectivity index (χ0n) is 10.7. The van der Waals surface area contributed by atoms with Gasteiger partial charge >= 0.3 is 5.97 Å². The van der Waals surface area contributed by atoms with Crippen LogP contribution in [0, 0.1) is 0 Å². The van der Waals surface area contributed by atoms with Gasteiger partial charge in [0.2, 0.25) is 0 Å². The third kappa shape index (κ3) is 3.18. The Labute approximate surface area is 115 Å². The number of carboxylic acid groups (broad SMARTS) is 1. The smallest absolute Gasteiger partial charge is 0.326 e. The lowest BCUT2D eigenvalue weighted by Crippen LogP contribution is -2.50. The Kier molecular flexibility index (Phi) is 4.41. The second kappa shape index (κ2) is 6.25. The highest BCUT2D eigenvalue weighted by Gasteiger charge is 2.29. The highest BCUT2D eigenvalue weighted by atomic mass is 16.5. The maximum Gasteiger partial charge on any atom is 0.326 e. The van der Waals surface area contributed by atoms with Crippen LogP contribution in [0.1, 0.15) is 6.42 Å². The summed E-state index contributed by atoms with van der Waals surface area (Å²) >= 11 is 0. The summed E-state index contributed by atoms with van der Waals surface area (Å²) in [6.07, 6.45) is -0.844. The number of carbonyl (C=O) groups excluding carboxylic acids is 1. The van der Waals surface area contributed by atoms with Crippen molar-refractivity contribution >= 4 is 17.6 Å². The molecule has 108 valence electrons. The summed E-state index contributed by atoms with van der Waals surface area (Å²) in [5.74, 6) is -1.16. The zero-order valence-corrected chi connectivity index (χ0v) is 10.7. The number of rotatable bonds is 5. The standard InChI is InChI=1S/C13H16N2O5/c16-6-5-9(13(18)19)15-12(17)11-7-14-8-3-1-2-4-10(8)20-11/h1-4,9,11,14,16H,5-7H2,(H,15,17)(H,18,19). The van der Waals surface area contributed by atoms with E-state index in [1.54, 1.807) is 12.1 Å². The van der Waals surface area contributed by atoms with Crippen molar-refractivity contribution in [1.82, 2.24) is 5.32 Å². The van der Waals surface area contributed by atoms with Crippen molar-refractivity contribution in [2.24, 2.45) is 0 Å². The number of aliphatic hydroxyl groups is 1. The lowest BCUT2D eigenvalue weighted by molar-refractivity contribution is -0.143. The number of hydrogen-bond acceptors (Lipinski definition) is 5. The largest absolute Gasteiger partial charge is 0.480 e. The van der Waals surface area contributed by atoms with Gasteiger partial charge in [0.05, 0.1) is 12.2 Å². The molecule has 0 aliphatic carbocycles. The average Bonchev–Trinajstić information content (AvgIpc) is 2.46. The van der Waals surface area contributed by atoms with Crippen LogP contribution in [0.5, 0.6) is 5.75 Å². The molecule has 7 heteroatoms. The van der Waals surface area contributed by atoms with E-state index >= 15 is 0 Å². The number of nitrogens with one attached hydrogen (secondary N) is 2. The molecular weight excluding hydrogens is 264 g/mol. The SMILES string of the molecule is O=C(O)C(CCO)NC(=O)C1CNc2ccccc2O1. The molecule has 1 amide bonds. The molecule has 2 rings (SSSR count). The van der Waals surface area contributed by atoms with E-state index in [0.29, 0.717) is 5.75 Å². The fourth-order valence-electron chi connectivity index (χ4n) is 1.91. The Morgan fingerprint density at radius 2 is 2.20 bits per heavy atom. The van der Waals surface area contributed by atoms with Gasteiger partial charge in [-0.1, -0.05) is 12.1 Å². The average molecular weight is 280 g/mol. The fourth-order valence-corrected chi connectivity index (χ4v) is 1.91. The molecule has 4 N–H and O–H groups in total. The van der Waals surface area contributed by atoms with Crippen LogP contribution < -0.4 is 15.4 Å². The van der Waals surface area contributed by atoms with Crippen LogP contribution in [0.15, 0.2) is 24.3 Å². The normalized spacial score (nSPS) is 18.1. The molecule has 1 aliphatic rings. The van der Waals surface area contributed by atoms with E-state index in [4.69, 9.17) is 14.9 Å². The molecule has 0 saturated carbocycles. The minimum atomic E-state index is -1.18. The number of ether oxygens (including phenoxy) is 1. The van der Waals surface area contributed by atoms with Gasteiger partial charge in [-0.05, 0) is 12.1 Å². The number of hydrogen-bond donors (Lipinski definition) is 4. The zero-order chi connectivity index (χ0) is 14.5. The highest BCUT2D eigenvalue weighted by molar-refractivity contribution is 5.87. The quantitative estimate of drug-likeness (QED) is 0.595. The molecule has 0 radical (unpaired) electrons. The summed E-state index contributed by atoms with van der Waals surface area (Å²) in [6, 6.07) is 6.07. The van der Waals surface area contributed by atoms with Crippen molar-refractivity contribution in [2.75, 3.05) is 18.5 Å². The number of amides is 1. The van der Waals surface area contributed by atoms with Gasteiger partial charge in [0, 0.05) is 13.0 Å². The predicted molar refractivity (Wildman–Crippen MR) is 70.6 cm³/mol. The van der Waals surface area contributed by atoms with Gasteiger partial charge in [-0.15, -0.1) is 0 Å². The summed E-state index contributed by atoms with van der Waals surface area (Å²) in [7, 11) is 0. The number of aliphatic hydroxyl groups excluding tert-OH is 1. The van der Waals surface area contributed by atoms with Crippen LogP contribution in [0.3, 0.4) is 0 Å². The first-order chi connectivity index (χ1) is 9.61. The first-order valence-electron chi connectivity index (χ1n) is 6.25. The van der Waals surface area contributed by atoms with E-state index in [1.807, 2.05) is 12.1 Å². The Balaban J connectivity index is 1.99. The molecule has 0 aromatic heterocycles. The van der Waals surface area contributed by atoms with E-state index in [9.17, 15) is 9.59 Å². The fraction of sp³-hybridized carbons (Fsp3) is 0.385. The molecule has 2 unspecified atom stereocenters. The van der Waals surface area contributed by atoms with Crippen LogP contribution >= 0.6 is 0 Å². The third-order valence-electron chi connectivity index (χ3n) is 2.96. The molecule has 0 saturated heterocycles. The molecule has 1 aromatic carbocycles. The molecule has 7 nitrogen and oxygen atoms in total. The predicted octanol–water partition coefficient (Wildman–Crippen LogP) is -0.189. The first kappa shape index (κ1) is 14.1. The van der Waals surface area contributed by atoms with E-state index in [2.05, 4.69) is 10.6 Å². The Morgan fingerprint density at radius 1 is 1.45 bits per heavy atom. The van der Waals surface area contributed by atoms with Crippen LogP contribution in [0.25, 0.3) is 0 Å². The molecular formula is C13H16N2O5. The molecule has 0 spiro atoms. The number of aliphatic carboxylic acids is 1.